The summed E-state index contributed by atoms with van der Waals surface area (Å²) >= 11 is 0. The second-order valence-corrected chi connectivity index (χ2v) is 3.33. The van der Waals surface area contributed by atoms with Crippen LogP contribution in [-0.2, 0) is 0 Å². The molecule has 0 radical (unpaired) electrons. The molecule has 0 fully saturated rings. The van der Waals surface area contributed by atoms with Gasteiger partial charge in [0.1, 0.15) is 6.07 Å². The van der Waals surface area contributed by atoms with Crippen molar-refractivity contribution >= 4 is 0 Å². The second-order valence-electron chi connectivity index (χ2n) is 3.33. The zero-order valence-electron chi connectivity index (χ0n) is 8.56. The van der Waals surface area contributed by atoms with E-state index in [1.54, 1.807) is 25.3 Å². The summed E-state index contributed by atoms with van der Waals surface area (Å²) in [4.78, 5) is 21.5. The Morgan fingerprint density at radius 1 is 1.38 bits per heavy atom. The predicted molar refractivity (Wildman–Crippen MR) is 57.5 cm³/mol. The van der Waals surface area contributed by atoms with E-state index < -0.39 is 5.69 Å². The van der Waals surface area contributed by atoms with Crippen molar-refractivity contribution in [2.24, 2.45) is 0 Å². The summed E-state index contributed by atoms with van der Waals surface area (Å²) in [7, 11) is 0. The molecule has 0 spiro atoms. The predicted octanol–water partition coefficient (Wildman–Crippen LogP) is 1.01. The van der Waals surface area contributed by atoms with Crippen molar-refractivity contribution in [1.29, 1.82) is 5.26 Å². The van der Waals surface area contributed by atoms with E-state index in [0.717, 1.165) is 5.69 Å². The Labute approximate surface area is 91.4 Å². The van der Waals surface area contributed by atoms with Crippen molar-refractivity contribution < 1.29 is 0 Å². The Balaban J connectivity index is 2.59. The van der Waals surface area contributed by atoms with Gasteiger partial charge in [0, 0.05) is 23.7 Å². The fourth-order valence-corrected chi connectivity index (χ4v) is 1.37. The molecule has 16 heavy (non-hydrogen) atoms. The van der Waals surface area contributed by atoms with Gasteiger partial charge in [0.05, 0.1) is 11.3 Å². The van der Waals surface area contributed by atoms with Gasteiger partial charge in [-0.05, 0) is 19.1 Å². The molecule has 2 aromatic heterocycles. The summed E-state index contributed by atoms with van der Waals surface area (Å²) < 4.78 is 0. The first kappa shape index (κ1) is 10.1. The Hall–Kier alpha value is -2.48. The Morgan fingerprint density at radius 3 is 2.88 bits per heavy atom. The largest absolute Gasteiger partial charge is 0.345 e. The van der Waals surface area contributed by atoms with Crippen molar-refractivity contribution in [1.82, 2.24) is 15.0 Å². The third-order valence-electron chi connectivity index (χ3n) is 2.04. The van der Waals surface area contributed by atoms with Crippen LogP contribution in [0, 0.1) is 18.3 Å². The average molecular weight is 212 g/mol. The quantitative estimate of drug-likeness (QED) is 0.764. The standard InChI is InChI=1S/C11H8N4O/c1-7-2-10(15-11(16)14-7)9-3-8(4-12)5-13-6-9/h2-3,5-6H,1H3,(H,14,15,16). The van der Waals surface area contributed by atoms with Gasteiger partial charge in [-0.3, -0.25) is 4.98 Å². The molecule has 0 saturated heterocycles. The van der Waals surface area contributed by atoms with Crippen molar-refractivity contribution in [3.63, 3.8) is 0 Å². The van der Waals surface area contributed by atoms with E-state index in [1.165, 1.54) is 6.20 Å². The van der Waals surface area contributed by atoms with Crippen molar-refractivity contribution in [3.8, 4) is 17.3 Å². The maximum Gasteiger partial charge on any atom is 0.345 e. The lowest BCUT2D eigenvalue weighted by molar-refractivity contribution is 1.03. The molecule has 2 rings (SSSR count). The molecule has 1 N–H and O–H groups in total. The molecule has 0 aliphatic heterocycles. The number of rotatable bonds is 1. The van der Waals surface area contributed by atoms with Gasteiger partial charge in [-0.15, -0.1) is 0 Å². The first-order chi connectivity index (χ1) is 7.69. The van der Waals surface area contributed by atoms with Crippen LogP contribution in [0.25, 0.3) is 11.3 Å². The van der Waals surface area contributed by atoms with E-state index in [2.05, 4.69) is 15.0 Å². The molecule has 0 aromatic carbocycles. The summed E-state index contributed by atoms with van der Waals surface area (Å²) in [5.74, 6) is 0. The summed E-state index contributed by atoms with van der Waals surface area (Å²) in [6.45, 7) is 1.77. The van der Waals surface area contributed by atoms with Gasteiger partial charge in [-0.1, -0.05) is 0 Å². The average Bonchev–Trinajstić information content (AvgIpc) is 2.28. The first-order valence-electron chi connectivity index (χ1n) is 4.62. The molecule has 0 aliphatic rings. The van der Waals surface area contributed by atoms with Crippen LogP contribution in [0.1, 0.15) is 11.3 Å². The maximum absolute atomic E-state index is 11.2. The fourth-order valence-electron chi connectivity index (χ4n) is 1.37. The smallest absolute Gasteiger partial charge is 0.310 e. The minimum Gasteiger partial charge on any atom is -0.310 e. The maximum atomic E-state index is 11.2. The van der Waals surface area contributed by atoms with E-state index in [-0.39, 0.29) is 0 Å². The fraction of sp³-hybridized carbons (Fsp3) is 0.0909. The number of pyridine rings is 1. The van der Waals surface area contributed by atoms with Crippen LogP contribution in [0.2, 0.25) is 0 Å². The number of nitriles is 1. The minimum atomic E-state index is -0.405. The third-order valence-corrected chi connectivity index (χ3v) is 2.04. The van der Waals surface area contributed by atoms with Crippen LogP contribution >= 0.6 is 0 Å². The molecule has 78 valence electrons. The Morgan fingerprint density at radius 2 is 2.19 bits per heavy atom. The molecule has 0 bridgehead atoms. The van der Waals surface area contributed by atoms with Crippen LogP contribution in [0.5, 0.6) is 0 Å². The van der Waals surface area contributed by atoms with Crippen molar-refractivity contribution in [2.45, 2.75) is 6.92 Å². The molecule has 0 amide bonds. The highest BCUT2D eigenvalue weighted by atomic mass is 16.1. The summed E-state index contributed by atoms with van der Waals surface area (Å²) in [6.07, 6.45) is 3.03. The summed E-state index contributed by atoms with van der Waals surface area (Å²) in [5.41, 5.74) is 1.94. The van der Waals surface area contributed by atoms with Gasteiger partial charge < -0.3 is 4.98 Å². The van der Waals surface area contributed by atoms with Crippen LogP contribution in [0.4, 0.5) is 0 Å². The van der Waals surface area contributed by atoms with Gasteiger partial charge >= 0.3 is 5.69 Å². The molecule has 5 heteroatoms. The van der Waals surface area contributed by atoms with Crippen molar-refractivity contribution in [2.75, 3.05) is 0 Å². The molecule has 2 heterocycles. The number of hydrogen-bond acceptors (Lipinski definition) is 4. The molecule has 2 aromatic rings. The molecule has 0 aliphatic carbocycles. The lowest BCUT2D eigenvalue weighted by Gasteiger charge is -2.00. The lowest BCUT2D eigenvalue weighted by atomic mass is 10.1. The lowest BCUT2D eigenvalue weighted by Crippen LogP contribution is -2.12. The van der Waals surface area contributed by atoms with Crippen LogP contribution in [0.3, 0.4) is 0 Å². The normalized spacial score (nSPS) is 9.75. The Bertz CT molecular complexity index is 624. The zero-order chi connectivity index (χ0) is 11.5. The van der Waals surface area contributed by atoms with Crippen LogP contribution in [0.15, 0.2) is 29.3 Å². The summed E-state index contributed by atoms with van der Waals surface area (Å²) in [5, 5.41) is 8.74. The van der Waals surface area contributed by atoms with Gasteiger partial charge in [0.2, 0.25) is 0 Å². The molecule has 0 saturated carbocycles. The van der Waals surface area contributed by atoms with Crippen LogP contribution in [-0.4, -0.2) is 15.0 Å². The van der Waals surface area contributed by atoms with E-state index in [0.29, 0.717) is 16.8 Å². The SMILES string of the molecule is Cc1cc(-c2cncc(C#N)c2)nc(=O)[nH]1. The van der Waals surface area contributed by atoms with Crippen molar-refractivity contribution in [3.05, 3.63) is 46.3 Å². The van der Waals surface area contributed by atoms with E-state index in [9.17, 15) is 4.79 Å². The molecule has 5 nitrogen and oxygen atoms in total. The monoisotopic (exact) mass is 212 g/mol. The molecule has 0 unspecified atom stereocenters. The zero-order valence-corrected chi connectivity index (χ0v) is 8.56. The highest BCUT2D eigenvalue weighted by molar-refractivity contribution is 5.59. The van der Waals surface area contributed by atoms with E-state index >= 15 is 0 Å². The molecular weight excluding hydrogens is 204 g/mol. The van der Waals surface area contributed by atoms with Gasteiger partial charge in [-0.2, -0.15) is 10.2 Å². The Kier molecular flexibility index (Phi) is 2.48. The van der Waals surface area contributed by atoms with Gasteiger partial charge in [0.15, 0.2) is 0 Å². The number of nitrogens with zero attached hydrogens (tertiary/aromatic N) is 3. The molecule has 0 atom stereocenters. The van der Waals surface area contributed by atoms with E-state index in [4.69, 9.17) is 5.26 Å². The number of aromatic amines is 1. The first-order valence-corrected chi connectivity index (χ1v) is 4.62. The minimum absolute atomic E-state index is 0.405. The van der Waals surface area contributed by atoms with Crippen LogP contribution < -0.4 is 5.69 Å². The topological polar surface area (TPSA) is 82.4 Å². The van der Waals surface area contributed by atoms with E-state index in [1.807, 2.05) is 6.07 Å². The number of aryl methyl sites for hydroxylation is 1. The summed E-state index contributed by atoms with van der Waals surface area (Å²) in [6, 6.07) is 5.37. The number of aromatic nitrogens is 3. The van der Waals surface area contributed by atoms with Gasteiger partial charge in [0.25, 0.3) is 0 Å². The number of hydrogen-bond donors (Lipinski definition) is 1. The third kappa shape index (κ3) is 1.96. The highest BCUT2D eigenvalue weighted by Crippen LogP contribution is 2.15. The number of H-pyrrole nitrogens is 1. The van der Waals surface area contributed by atoms with Gasteiger partial charge in [-0.25, -0.2) is 4.79 Å². The highest BCUT2D eigenvalue weighted by Gasteiger charge is 2.03. The second kappa shape index (κ2) is 3.95. The molecular formula is C11H8N4O. The number of nitrogens with one attached hydrogen (secondary N) is 1.